The van der Waals surface area contributed by atoms with Crippen molar-refractivity contribution in [3.8, 4) is 0 Å². The van der Waals surface area contributed by atoms with Crippen LogP contribution < -0.4 is 5.32 Å². The number of hydrogen-bond acceptors (Lipinski definition) is 3. The summed E-state index contributed by atoms with van der Waals surface area (Å²) in [5.74, 6) is -0.865. The van der Waals surface area contributed by atoms with Gasteiger partial charge in [0.2, 0.25) is 5.91 Å². The number of nitrogens with zero attached hydrogens (tertiary/aromatic N) is 2. The van der Waals surface area contributed by atoms with E-state index < -0.39 is 5.82 Å². The van der Waals surface area contributed by atoms with E-state index in [4.69, 9.17) is 11.6 Å². The molecule has 23 heavy (non-hydrogen) atoms. The highest BCUT2D eigenvalue weighted by Gasteiger charge is 2.35. The molecule has 124 valence electrons. The fourth-order valence-electron chi connectivity index (χ4n) is 2.71. The highest BCUT2D eigenvalue weighted by Crippen LogP contribution is 2.29. The number of carbonyl (C=O) groups is 2. The normalized spacial score (nSPS) is 17.9. The molecule has 0 atom stereocenters. The van der Waals surface area contributed by atoms with E-state index in [0.29, 0.717) is 18.7 Å². The maximum Gasteiger partial charge on any atom is 0.254 e. The third-order valence-electron chi connectivity index (χ3n) is 4.19. The van der Waals surface area contributed by atoms with Gasteiger partial charge in [0, 0.05) is 37.8 Å². The molecule has 1 saturated carbocycles. The Bertz CT molecular complexity index is 615. The smallest absolute Gasteiger partial charge is 0.254 e. The van der Waals surface area contributed by atoms with Crippen molar-refractivity contribution in [2.75, 3.05) is 32.7 Å². The van der Waals surface area contributed by atoms with Crippen molar-refractivity contribution < 1.29 is 14.0 Å². The number of piperazine rings is 1. The van der Waals surface area contributed by atoms with Gasteiger partial charge in [0.1, 0.15) is 12.4 Å². The number of hydrogen-bond donors (Lipinski definition) is 1. The van der Waals surface area contributed by atoms with Crippen molar-refractivity contribution in [3.05, 3.63) is 34.6 Å². The maximum atomic E-state index is 13.3. The summed E-state index contributed by atoms with van der Waals surface area (Å²) in [6.45, 7) is 2.94. The second kappa shape index (κ2) is 6.84. The molecule has 3 rings (SSSR count). The Morgan fingerprint density at radius 1 is 1.30 bits per heavy atom. The molecule has 5 nitrogen and oxygen atoms in total. The summed E-state index contributed by atoms with van der Waals surface area (Å²) in [7, 11) is 0. The van der Waals surface area contributed by atoms with Gasteiger partial charge in [-0.25, -0.2) is 4.39 Å². The topological polar surface area (TPSA) is 52.7 Å². The molecule has 0 spiro atoms. The Morgan fingerprint density at radius 2 is 2.00 bits per heavy atom. The van der Waals surface area contributed by atoms with Crippen molar-refractivity contribution >= 4 is 23.4 Å². The van der Waals surface area contributed by atoms with Crippen LogP contribution in [0.3, 0.4) is 0 Å². The van der Waals surface area contributed by atoms with E-state index in [-0.39, 0.29) is 29.4 Å². The second-order valence-corrected chi connectivity index (χ2v) is 6.33. The molecule has 2 amide bonds. The lowest BCUT2D eigenvalue weighted by atomic mass is 10.2. The zero-order chi connectivity index (χ0) is 16.4. The molecule has 2 fully saturated rings. The molecule has 7 heteroatoms. The van der Waals surface area contributed by atoms with Crippen molar-refractivity contribution in [2.24, 2.45) is 0 Å². The second-order valence-electron chi connectivity index (χ2n) is 5.92. The number of amides is 2. The summed E-state index contributed by atoms with van der Waals surface area (Å²) in [5.41, 5.74) is 0.316. The molecule has 1 N–H and O–H groups in total. The minimum Gasteiger partial charge on any atom is -0.339 e. The van der Waals surface area contributed by atoms with Crippen molar-refractivity contribution in [2.45, 2.75) is 18.9 Å². The van der Waals surface area contributed by atoms with Gasteiger partial charge in [-0.3, -0.25) is 9.59 Å². The minimum atomic E-state index is -0.557. The molecular formula is C16H19ClFN3O2. The Labute approximate surface area is 139 Å². The lowest BCUT2D eigenvalue weighted by Crippen LogP contribution is -2.50. The summed E-state index contributed by atoms with van der Waals surface area (Å²) in [5, 5.41) is 3.11. The average molecular weight is 340 g/mol. The molecule has 1 aromatic carbocycles. The highest BCUT2D eigenvalue weighted by molar-refractivity contribution is 6.31. The number of carbonyl (C=O) groups excluding carboxylic acids is 2. The van der Waals surface area contributed by atoms with Crippen LogP contribution in [0.15, 0.2) is 18.2 Å². The zero-order valence-electron chi connectivity index (χ0n) is 12.7. The Hall–Kier alpha value is -1.66. The van der Waals surface area contributed by atoms with Crippen LogP contribution in [0.25, 0.3) is 0 Å². The zero-order valence-corrected chi connectivity index (χ0v) is 13.5. The SMILES string of the molecule is O=C(CN(C(=O)c1ccc(F)c(Cl)c1)C1CC1)N1CCNCC1. The summed E-state index contributed by atoms with van der Waals surface area (Å²) >= 11 is 5.76. The maximum absolute atomic E-state index is 13.3. The fraction of sp³-hybridized carbons (Fsp3) is 0.500. The van der Waals surface area contributed by atoms with Gasteiger partial charge in [0.15, 0.2) is 0 Å². The van der Waals surface area contributed by atoms with Crippen molar-refractivity contribution in [1.82, 2.24) is 15.1 Å². The van der Waals surface area contributed by atoms with Gasteiger partial charge in [-0.1, -0.05) is 11.6 Å². The van der Waals surface area contributed by atoms with Crippen LogP contribution in [0.4, 0.5) is 4.39 Å². The number of halogens is 2. The summed E-state index contributed by atoms with van der Waals surface area (Å²) in [6.07, 6.45) is 1.80. The number of nitrogens with one attached hydrogen (secondary N) is 1. The minimum absolute atomic E-state index is 0.0417. The van der Waals surface area contributed by atoms with Gasteiger partial charge in [-0.05, 0) is 31.0 Å². The summed E-state index contributed by atoms with van der Waals surface area (Å²) in [4.78, 5) is 28.5. The fourth-order valence-corrected chi connectivity index (χ4v) is 2.89. The van der Waals surface area contributed by atoms with Crippen LogP contribution in [0.5, 0.6) is 0 Å². The van der Waals surface area contributed by atoms with Gasteiger partial charge in [0.05, 0.1) is 5.02 Å². The molecule has 0 bridgehead atoms. The monoisotopic (exact) mass is 339 g/mol. The van der Waals surface area contributed by atoms with Gasteiger partial charge in [0.25, 0.3) is 5.91 Å². The molecule has 0 radical (unpaired) electrons. The molecule has 1 heterocycles. The summed E-state index contributed by atoms with van der Waals surface area (Å²) < 4.78 is 13.3. The molecule has 1 aliphatic heterocycles. The van der Waals surface area contributed by atoms with E-state index in [9.17, 15) is 14.0 Å². The lowest BCUT2D eigenvalue weighted by molar-refractivity contribution is -0.132. The van der Waals surface area contributed by atoms with Gasteiger partial charge < -0.3 is 15.1 Å². The third kappa shape index (κ3) is 3.82. The molecule has 1 saturated heterocycles. The first kappa shape index (κ1) is 16.2. The predicted octanol–water partition coefficient (Wildman–Crippen LogP) is 1.52. The average Bonchev–Trinajstić information content (AvgIpc) is 3.40. The first-order chi connectivity index (χ1) is 11.1. The first-order valence-electron chi connectivity index (χ1n) is 7.81. The predicted molar refractivity (Wildman–Crippen MR) is 84.9 cm³/mol. The van der Waals surface area contributed by atoms with Crippen LogP contribution >= 0.6 is 11.6 Å². The first-order valence-corrected chi connectivity index (χ1v) is 8.18. The van der Waals surface area contributed by atoms with Crippen LogP contribution in [0, 0.1) is 5.82 Å². The van der Waals surface area contributed by atoms with E-state index in [2.05, 4.69) is 5.32 Å². The molecule has 1 aromatic rings. The lowest BCUT2D eigenvalue weighted by Gasteiger charge is -2.30. The Balaban J connectivity index is 1.71. The van der Waals surface area contributed by atoms with Crippen LogP contribution in [0.2, 0.25) is 5.02 Å². The molecule has 0 unspecified atom stereocenters. The largest absolute Gasteiger partial charge is 0.339 e. The van der Waals surface area contributed by atoms with Crippen LogP contribution in [-0.2, 0) is 4.79 Å². The Morgan fingerprint density at radius 3 is 2.61 bits per heavy atom. The van der Waals surface area contributed by atoms with Crippen molar-refractivity contribution in [1.29, 1.82) is 0 Å². The molecule has 1 aliphatic carbocycles. The molecular weight excluding hydrogens is 321 g/mol. The standard InChI is InChI=1S/C16H19ClFN3O2/c17-13-9-11(1-4-14(13)18)16(23)21(12-2-3-12)10-15(22)20-7-5-19-6-8-20/h1,4,9,12,19H,2-3,5-8,10H2. The number of rotatable bonds is 4. The van der Waals surface area contributed by atoms with Crippen LogP contribution in [-0.4, -0.2) is 60.4 Å². The highest BCUT2D eigenvalue weighted by atomic mass is 35.5. The van der Waals surface area contributed by atoms with Crippen LogP contribution in [0.1, 0.15) is 23.2 Å². The number of benzene rings is 1. The third-order valence-corrected chi connectivity index (χ3v) is 4.48. The van der Waals surface area contributed by atoms with E-state index in [1.165, 1.54) is 18.2 Å². The van der Waals surface area contributed by atoms with E-state index in [1.54, 1.807) is 9.80 Å². The Kier molecular flexibility index (Phi) is 4.82. The van der Waals surface area contributed by atoms with Gasteiger partial charge in [-0.15, -0.1) is 0 Å². The molecule has 0 aromatic heterocycles. The van der Waals surface area contributed by atoms with E-state index in [1.807, 2.05) is 0 Å². The van der Waals surface area contributed by atoms with Crippen molar-refractivity contribution in [3.63, 3.8) is 0 Å². The molecule has 2 aliphatic rings. The van der Waals surface area contributed by atoms with Gasteiger partial charge in [-0.2, -0.15) is 0 Å². The van der Waals surface area contributed by atoms with E-state index in [0.717, 1.165) is 25.9 Å². The van der Waals surface area contributed by atoms with Gasteiger partial charge >= 0.3 is 0 Å². The summed E-state index contributed by atoms with van der Waals surface area (Å²) in [6, 6.07) is 4.01. The van der Waals surface area contributed by atoms with E-state index >= 15 is 0 Å². The quantitative estimate of drug-likeness (QED) is 0.905.